The summed E-state index contributed by atoms with van der Waals surface area (Å²) in [6.45, 7) is 10.7. The van der Waals surface area contributed by atoms with Crippen LogP contribution in [-0.2, 0) is 19.7 Å². The molecule has 0 saturated carbocycles. The summed E-state index contributed by atoms with van der Waals surface area (Å²) in [5.41, 5.74) is 0.821. The number of ether oxygens (including phenoxy) is 2. The number of hydrogen-bond donors (Lipinski definition) is 2. The Morgan fingerprint density at radius 2 is 1.69 bits per heavy atom. The normalized spacial score (nSPS) is 12.3. The van der Waals surface area contributed by atoms with Crippen molar-refractivity contribution in [3.63, 3.8) is 0 Å². The van der Waals surface area contributed by atoms with Gasteiger partial charge in [-0.2, -0.15) is 0 Å². The Morgan fingerprint density at radius 1 is 1.08 bits per heavy atom. The minimum absolute atomic E-state index is 0.114. The summed E-state index contributed by atoms with van der Waals surface area (Å²) in [6, 6.07) is 6.68. The molecule has 3 amide bonds. The molecule has 0 radical (unpaired) electrons. The molecule has 1 aromatic carbocycles. The van der Waals surface area contributed by atoms with E-state index in [0.29, 0.717) is 5.75 Å². The van der Waals surface area contributed by atoms with Gasteiger partial charge in [0.1, 0.15) is 5.75 Å². The highest BCUT2D eigenvalue weighted by molar-refractivity contribution is 5.97. The Hall–Kier alpha value is -2.57. The molecular weight excluding hydrogens is 336 g/mol. The molecule has 0 saturated heterocycles. The first-order chi connectivity index (χ1) is 12.0. The molecule has 0 spiro atoms. The SMILES string of the molecule is CC(C)NC(=O)NC(=O)[C@H](C)OC(=O)COc1ccccc1C(C)(C)C. The maximum Gasteiger partial charge on any atom is 0.344 e. The maximum atomic E-state index is 11.9. The molecule has 144 valence electrons. The maximum absolute atomic E-state index is 11.9. The molecule has 1 rings (SSSR count). The summed E-state index contributed by atoms with van der Waals surface area (Å²) in [7, 11) is 0. The van der Waals surface area contributed by atoms with E-state index in [-0.39, 0.29) is 18.1 Å². The van der Waals surface area contributed by atoms with E-state index in [0.717, 1.165) is 5.56 Å². The van der Waals surface area contributed by atoms with E-state index in [2.05, 4.69) is 10.6 Å². The molecule has 0 aliphatic heterocycles. The molecule has 7 heteroatoms. The number of para-hydroxylation sites is 1. The van der Waals surface area contributed by atoms with E-state index in [1.165, 1.54) is 6.92 Å². The molecule has 7 nitrogen and oxygen atoms in total. The third-order valence-electron chi connectivity index (χ3n) is 3.37. The van der Waals surface area contributed by atoms with Crippen molar-refractivity contribution in [1.82, 2.24) is 10.6 Å². The van der Waals surface area contributed by atoms with Gasteiger partial charge in [0.15, 0.2) is 12.7 Å². The highest BCUT2D eigenvalue weighted by atomic mass is 16.6. The largest absolute Gasteiger partial charge is 0.482 e. The number of urea groups is 1. The van der Waals surface area contributed by atoms with E-state index in [9.17, 15) is 14.4 Å². The number of esters is 1. The van der Waals surface area contributed by atoms with E-state index in [1.807, 2.05) is 39.0 Å². The predicted molar refractivity (Wildman–Crippen MR) is 98.0 cm³/mol. The Labute approximate surface area is 154 Å². The Bertz CT molecular complexity index is 650. The molecule has 0 heterocycles. The zero-order valence-corrected chi connectivity index (χ0v) is 16.2. The van der Waals surface area contributed by atoms with Gasteiger partial charge in [-0.25, -0.2) is 9.59 Å². The molecule has 26 heavy (non-hydrogen) atoms. The van der Waals surface area contributed by atoms with Crippen LogP contribution in [0, 0.1) is 0 Å². The van der Waals surface area contributed by atoms with Gasteiger partial charge in [-0.3, -0.25) is 10.1 Å². The van der Waals surface area contributed by atoms with Crippen LogP contribution in [0.15, 0.2) is 24.3 Å². The molecule has 0 fully saturated rings. The first-order valence-corrected chi connectivity index (χ1v) is 8.54. The molecular formula is C19H28N2O5. The zero-order valence-electron chi connectivity index (χ0n) is 16.2. The second-order valence-corrected chi connectivity index (χ2v) is 7.28. The van der Waals surface area contributed by atoms with Gasteiger partial charge in [0.2, 0.25) is 0 Å². The number of rotatable bonds is 6. The fourth-order valence-corrected chi connectivity index (χ4v) is 2.15. The van der Waals surface area contributed by atoms with Gasteiger partial charge >= 0.3 is 12.0 Å². The number of amides is 3. The van der Waals surface area contributed by atoms with Crippen LogP contribution in [-0.4, -0.2) is 36.7 Å². The summed E-state index contributed by atoms with van der Waals surface area (Å²) in [5, 5.41) is 4.62. The number of nitrogens with one attached hydrogen (secondary N) is 2. The van der Waals surface area contributed by atoms with Crippen LogP contribution in [0.5, 0.6) is 5.75 Å². The van der Waals surface area contributed by atoms with Crippen LogP contribution in [0.3, 0.4) is 0 Å². The summed E-state index contributed by atoms with van der Waals surface area (Å²) < 4.78 is 10.6. The van der Waals surface area contributed by atoms with Crippen molar-refractivity contribution in [2.75, 3.05) is 6.61 Å². The lowest BCUT2D eigenvalue weighted by Gasteiger charge is -2.22. The van der Waals surface area contributed by atoms with Crippen LogP contribution in [0.1, 0.15) is 47.1 Å². The van der Waals surface area contributed by atoms with Crippen molar-refractivity contribution in [3.8, 4) is 5.75 Å². The van der Waals surface area contributed by atoms with Gasteiger partial charge in [-0.1, -0.05) is 39.0 Å². The number of carbonyl (C=O) groups excluding carboxylic acids is 3. The van der Waals surface area contributed by atoms with Gasteiger partial charge in [-0.15, -0.1) is 0 Å². The first kappa shape index (κ1) is 21.5. The molecule has 0 bridgehead atoms. The number of imide groups is 1. The summed E-state index contributed by atoms with van der Waals surface area (Å²) in [6.07, 6.45) is -1.11. The molecule has 0 unspecified atom stereocenters. The van der Waals surface area contributed by atoms with Crippen LogP contribution < -0.4 is 15.4 Å². The van der Waals surface area contributed by atoms with Crippen LogP contribution in [0.25, 0.3) is 0 Å². The topological polar surface area (TPSA) is 93.7 Å². The third kappa shape index (κ3) is 7.13. The van der Waals surface area contributed by atoms with Crippen molar-refractivity contribution in [3.05, 3.63) is 29.8 Å². The number of hydrogen-bond acceptors (Lipinski definition) is 5. The third-order valence-corrected chi connectivity index (χ3v) is 3.37. The van der Waals surface area contributed by atoms with Gasteiger partial charge in [-0.05, 0) is 37.8 Å². The molecule has 2 N–H and O–H groups in total. The summed E-state index contributed by atoms with van der Waals surface area (Å²) in [5.74, 6) is -0.808. The highest BCUT2D eigenvalue weighted by Crippen LogP contribution is 2.30. The lowest BCUT2D eigenvalue weighted by atomic mass is 9.86. The standard InChI is InChI=1S/C19H28N2O5/c1-12(2)20-18(24)21-17(23)13(3)26-16(22)11-25-15-10-8-7-9-14(15)19(4,5)6/h7-10,12-13H,11H2,1-6H3,(H2,20,21,23,24)/t13-/m0/s1. The average molecular weight is 364 g/mol. The van der Waals surface area contributed by atoms with Crippen molar-refractivity contribution < 1.29 is 23.9 Å². The van der Waals surface area contributed by atoms with Crippen LogP contribution >= 0.6 is 0 Å². The number of carbonyl (C=O) groups is 3. The Kier molecular flexibility index (Phi) is 7.61. The molecule has 1 aromatic rings. The Morgan fingerprint density at radius 3 is 2.27 bits per heavy atom. The van der Waals surface area contributed by atoms with Crippen molar-refractivity contribution >= 4 is 17.9 Å². The molecule has 1 atom stereocenters. The van der Waals surface area contributed by atoms with Crippen LogP contribution in [0.4, 0.5) is 4.79 Å². The second kappa shape index (κ2) is 9.22. The quantitative estimate of drug-likeness (QED) is 0.757. The van der Waals surface area contributed by atoms with E-state index < -0.39 is 24.0 Å². The fraction of sp³-hybridized carbons (Fsp3) is 0.526. The second-order valence-electron chi connectivity index (χ2n) is 7.28. The minimum Gasteiger partial charge on any atom is -0.482 e. The van der Waals surface area contributed by atoms with Crippen LogP contribution in [0.2, 0.25) is 0 Å². The fourth-order valence-electron chi connectivity index (χ4n) is 2.15. The number of benzene rings is 1. The molecule has 0 aliphatic rings. The summed E-state index contributed by atoms with van der Waals surface area (Å²) >= 11 is 0. The highest BCUT2D eigenvalue weighted by Gasteiger charge is 2.22. The van der Waals surface area contributed by atoms with Crippen molar-refractivity contribution in [2.24, 2.45) is 0 Å². The molecule has 0 aromatic heterocycles. The first-order valence-electron chi connectivity index (χ1n) is 8.54. The smallest absolute Gasteiger partial charge is 0.344 e. The lowest BCUT2D eigenvalue weighted by Crippen LogP contribution is -2.46. The van der Waals surface area contributed by atoms with Crippen molar-refractivity contribution in [1.29, 1.82) is 0 Å². The summed E-state index contributed by atoms with van der Waals surface area (Å²) in [4.78, 5) is 35.3. The lowest BCUT2D eigenvalue weighted by molar-refractivity contribution is -0.156. The van der Waals surface area contributed by atoms with Gasteiger partial charge < -0.3 is 14.8 Å². The monoisotopic (exact) mass is 364 g/mol. The van der Waals surface area contributed by atoms with Gasteiger partial charge in [0.25, 0.3) is 5.91 Å². The zero-order chi connectivity index (χ0) is 19.9. The Balaban J connectivity index is 2.55. The van der Waals surface area contributed by atoms with E-state index in [4.69, 9.17) is 9.47 Å². The minimum atomic E-state index is -1.11. The molecule has 0 aliphatic carbocycles. The predicted octanol–water partition coefficient (Wildman–Crippen LogP) is 2.53. The van der Waals surface area contributed by atoms with E-state index in [1.54, 1.807) is 19.9 Å². The average Bonchev–Trinajstić information content (AvgIpc) is 2.51. The van der Waals surface area contributed by atoms with Gasteiger partial charge in [0.05, 0.1) is 0 Å². The van der Waals surface area contributed by atoms with Gasteiger partial charge in [0, 0.05) is 6.04 Å². The van der Waals surface area contributed by atoms with Crippen molar-refractivity contribution in [2.45, 2.75) is 59.1 Å². The van der Waals surface area contributed by atoms with E-state index >= 15 is 0 Å².